The molecule has 2 aromatic rings. The van der Waals surface area contributed by atoms with E-state index in [9.17, 15) is 4.79 Å². The molecule has 0 saturated carbocycles. The lowest BCUT2D eigenvalue weighted by molar-refractivity contribution is 0.102. The second kappa shape index (κ2) is 6.66. The summed E-state index contributed by atoms with van der Waals surface area (Å²) in [5.41, 5.74) is 1.67. The fourth-order valence-corrected chi connectivity index (χ4v) is 2.02. The number of H-pyrrole nitrogens is 1. The number of nitrogens with one attached hydrogen (secondary N) is 2. The van der Waals surface area contributed by atoms with Crippen LogP contribution in [0.5, 0.6) is 0 Å². The first kappa shape index (κ1) is 14.7. The Balaban J connectivity index is 2.04. The Morgan fingerprint density at radius 3 is 2.95 bits per heavy atom. The van der Waals surface area contributed by atoms with Gasteiger partial charge < -0.3 is 5.32 Å². The fourth-order valence-electron chi connectivity index (χ4n) is 2.02. The first-order chi connectivity index (χ1) is 10.1. The van der Waals surface area contributed by atoms with Gasteiger partial charge >= 0.3 is 0 Å². The van der Waals surface area contributed by atoms with Crippen LogP contribution in [0.1, 0.15) is 54.4 Å². The molecule has 0 aliphatic carbocycles. The number of pyridine rings is 1. The number of hydrogen-bond acceptors (Lipinski definition) is 4. The molecule has 21 heavy (non-hydrogen) atoms. The van der Waals surface area contributed by atoms with Gasteiger partial charge in [-0.1, -0.05) is 20.3 Å². The Labute approximate surface area is 123 Å². The molecule has 0 aromatic carbocycles. The summed E-state index contributed by atoms with van der Waals surface area (Å²) in [5, 5.41) is 18.4. The van der Waals surface area contributed by atoms with Crippen LogP contribution in [-0.4, -0.2) is 21.1 Å². The van der Waals surface area contributed by atoms with E-state index in [2.05, 4.69) is 34.3 Å². The summed E-state index contributed by atoms with van der Waals surface area (Å²) in [6.07, 6.45) is 3.53. The Morgan fingerprint density at radius 2 is 2.33 bits per heavy atom. The predicted molar refractivity (Wildman–Crippen MR) is 78.8 cm³/mol. The smallest absolute Gasteiger partial charge is 0.275 e. The van der Waals surface area contributed by atoms with Gasteiger partial charge in [-0.3, -0.25) is 9.89 Å². The van der Waals surface area contributed by atoms with Gasteiger partial charge in [-0.25, -0.2) is 4.98 Å². The Bertz CT molecular complexity index is 653. The average molecular weight is 283 g/mol. The lowest BCUT2D eigenvalue weighted by atomic mass is 10.0. The van der Waals surface area contributed by atoms with E-state index in [1.165, 1.54) is 12.3 Å². The number of amides is 1. The van der Waals surface area contributed by atoms with Crippen molar-refractivity contribution in [2.24, 2.45) is 0 Å². The molecule has 0 fully saturated rings. The largest absolute Gasteiger partial charge is 0.304 e. The Kier molecular flexibility index (Phi) is 4.67. The van der Waals surface area contributed by atoms with E-state index in [1.54, 1.807) is 6.07 Å². The first-order valence-electron chi connectivity index (χ1n) is 6.86. The SMILES string of the molecule is CCCC(C)c1cc(NC(=O)c2ccc(C#N)cn2)n[nH]1. The van der Waals surface area contributed by atoms with Crippen molar-refractivity contribution in [2.45, 2.75) is 32.6 Å². The molecule has 2 heterocycles. The van der Waals surface area contributed by atoms with Crippen molar-refractivity contribution in [3.8, 4) is 6.07 Å². The summed E-state index contributed by atoms with van der Waals surface area (Å²) in [7, 11) is 0. The van der Waals surface area contributed by atoms with Gasteiger partial charge in [0.05, 0.1) is 5.56 Å². The minimum atomic E-state index is -0.347. The molecule has 1 unspecified atom stereocenters. The highest BCUT2D eigenvalue weighted by Crippen LogP contribution is 2.20. The van der Waals surface area contributed by atoms with Crippen LogP contribution in [0.3, 0.4) is 0 Å². The molecule has 0 bridgehead atoms. The quantitative estimate of drug-likeness (QED) is 0.882. The molecule has 0 radical (unpaired) electrons. The molecular weight excluding hydrogens is 266 g/mol. The molecule has 1 atom stereocenters. The highest BCUT2D eigenvalue weighted by Gasteiger charge is 2.12. The van der Waals surface area contributed by atoms with Gasteiger partial charge in [0.2, 0.25) is 0 Å². The van der Waals surface area contributed by atoms with Gasteiger partial charge in [0.25, 0.3) is 5.91 Å². The van der Waals surface area contributed by atoms with Gasteiger partial charge in [-0.2, -0.15) is 10.4 Å². The summed E-state index contributed by atoms with van der Waals surface area (Å²) < 4.78 is 0. The van der Waals surface area contributed by atoms with Crippen LogP contribution in [0.25, 0.3) is 0 Å². The van der Waals surface area contributed by atoms with Gasteiger partial charge in [0.1, 0.15) is 11.8 Å². The highest BCUT2D eigenvalue weighted by molar-refractivity contribution is 6.02. The van der Waals surface area contributed by atoms with E-state index in [0.717, 1.165) is 18.5 Å². The van der Waals surface area contributed by atoms with Crippen LogP contribution in [0.15, 0.2) is 24.4 Å². The Morgan fingerprint density at radius 1 is 1.52 bits per heavy atom. The zero-order chi connectivity index (χ0) is 15.2. The van der Waals surface area contributed by atoms with Crippen molar-refractivity contribution < 1.29 is 4.79 Å². The summed E-state index contributed by atoms with van der Waals surface area (Å²) in [6, 6.07) is 6.87. The highest BCUT2D eigenvalue weighted by atomic mass is 16.1. The van der Waals surface area contributed by atoms with Gasteiger partial charge in [0.15, 0.2) is 5.82 Å². The Hall–Kier alpha value is -2.68. The summed E-state index contributed by atoms with van der Waals surface area (Å²) >= 11 is 0. The zero-order valence-corrected chi connectivity index (χ0v) is 12.1. The van der Waals surface area contributed by atoms with Gasteiger partial charge in [-0.15, -0.1) is 0 Å². The topological polar surface area (TPSA) is 94.5 Å². The second-order valence-electron chi connectivity index (χ2n) is 4.90. The molecule has 6 nitrogen and oxygen atoms in total. The van der Waals surface area contributed by atoms with E-state index >= 15 is 0 Å². The minimum Gasteiger partial charge on any atom is -0.304 e. The average Bonchev–Trinajstić information content (AvgIpc) is 2.96. The predicted octanol–water partition coefficient (Wildman–Crippen LogP) is 2.83. The van der Waals surface area contributed by atoms with Crippen LogP contribution in [0, 0.1) is 11.3 Å². The zero-order valence-electron chi connectivity index (χ0n) is 12.1. The number of carbonyl (C=O) groups excluding carboxylic acids is 1. The first-order valence-corrected chi connectivity index (χ1v) is 6.86. The van der Waals surface area contributed by atoms with Crippen LogP contribution < -0.4 is 5.32 Å². The molecule has 2 N–H and O–H groups in total. The van der Waals surface area contributed by atoms with E-state index in [-0.39, 0.29) is 11.6 Å². The maximum atomic E-state index is 12.0. The lowest BCUT2D eigenvalue weighted by Crippen LogP contribution is -2.13. The molecular formula is C15H17N5O. The van der Waals surface area contributed by atoms with Crippen molar-refractivity contribution in [1.82, 2.24) is 15.2 Å². The van der Waals surface area contributed by atoms with E-state index in [4.69, 9.17) is 5.26 Å². The van der Waals surface area contributed by atoms with Gasteiger partial charge in [-0.05, 0) is 24.5 Å². The molecule has 2 aromatic heterocycles. The summed E-state index contributed by atoms with van der Waals surface area (Å²) in [6.45, 7) is 4.25. The number of aromatic nitrogens is 3. The van der Waals surface area contributed by atoms with Crippen LogP contribution in [0.2, 0.25) is 0 Å². The van der Waals surface area contributed by atoms with Crippen molar-refractivity contribution in [1.29, 1.82) is 5.26 Å². The molecule has 6 heteroatoms. The number of nitrogens with zero attached hydrogens (tertiary/aromatic N) is 3. The van der Waals surface area contributed by atoms with Crippen LogP contribution >= 0.6 is 0 Å². The number of nitriles is 1. The monoisotopic (exact) mass is 283 g/mol. The minimum absolute atomic E-state index is 0.250. The second-order valence-corrected chi connectivity index (χ2v) is 4.90. The van der Waals surface area contributed by atoms with Crippen LogP contribution in [-0.2, 0) is 0 Å². The number of rotatable bonds is 5. The molecule has 0 saturated heterocycles. The molecule has 108 valence electrons. The third-order valence-electron chi connectivity index (χ3n) is 3.22. The van der Waals surface area contributed by atoms with Crippen molar-refractivity contribution in [3.05, 3.63) is 41.3 Å². The van der Waals surface area contributed by atoms with E-state index in [1.807, 2.05) is 12.1 Å². The molecule has 0 spiro atoms. The van der Waals surface area contributed by atoms with E-state index in [0.29, 0.717) is 17.3 Å². The molecule has 1 amide bonds. The summed E-state index contributed by atoms with van der Waals surface area (Å²) in [4.78, 5) is 16.0. The lowest BCUT2D eigenvalue weighted by Gasteiger charge is -2.05. The molecule has 0 aliphatic rings. The standard InChI is InChI=1S/C15H17N5O/c1-3-4-10(2)13-7-14(20-19-13)18-15(21)12-6-5-11(8-16)9-17-12/h5-7,9-10H,3-4H2,1-2H3,(H2,18,19,20,21). The van der Waals surface area contributed by atoms with Crippen molar-refractivity contribution in [2.75, 3.05) is 5.32 Å². The summed E-state index contributed by atoms with van der Waals surface area (Å²) in [5.74, 6) is 0.506. The number of hydrogen-bond donors (Lipinski definition) is 2. The molecule has 0 aliphatic heterocycles. The number of carbonyl (C=O) groups is 1. The number of anilines is 1. The van der Waals surface area contributed by atoms with Crippen LogP contribution in [0.4, 0.5) is 5.82 Å². The maximum Gasteiger partial charge on any atom is 0.275 e. The fraction of sp³-hybridized carbons (Fsp3) is 0.333. The maximum absolute atomic E-state index is 12.0. The van der Waals surface area contributed by atoms with Gasteiger partial charge in [0, 0.05) is 18.0 Å². The third-order valence-corrected chi connectivity index (χ3v) is 3.22. The third kappa shape index (κ3) is 3.66. The normalized spacial score (nSPS) is 11.7. The van der Waals surface area contributed by atoms with Crippen molar-refractivity contribution in [3.63, 3.8) is 0 Å². The number of aromatic amines is 1. The molecule has 2 rings (SSSR count). The van der Waals surface area contributed by atoms with Crippen molar-refractivity contribution >= 4 is 11.7 Å². The van der Waals surface area contributed by atoms with E-state index < -0.39 is 0 Å².